The Morgan fingerprint density at radius 1 is 1.15 bits per heavy atom. The average Bonchev–Trinajstić information content (AvgIpc) is 2.98. The molecule has 3 heteroatoms. The van der Waals surface area contributed by atoms with Crippen molar-refractivity contribution in [2.24, 2.45) is 0 Å². The van der Waals surface area contributed by atoms with E-state index in [1.54, 1.807) is 0 Å². The van der Waals surface area contributed by atoms with Crippen molar-refractivity contribution < 1.29 is 4.79 Å². The first-order chi connectivity index (χ1) is 9.78. The minimum atomic E-state index is 0.723. The molecule has 2 aliphatic rings. The maximum absolute atomic E-state index is 10.9. The Morgan fingerprint density at radius 3 is 2.65 bits per heavy atom. The van der Waals surface area contributed by atoms with Gasteiger partial charge in [-0.25, -0.2) is 0 Å². The van der Waals surface area contributed by atoms with Crippen LogP contribution in [0.15, 0.2) is 18.2 Å². The summed E-state index contributed by atoms with van der Waals surface area (Å²) in [5.41, 5.74) is 3.16. The Kier molecular flexibility index (Phi) is 4.06. The van der Waals surface area contributed by atoms with Crippen LogP contribution in [0.2, 0.25) is 0 Å². The van der Waals surface area contributed by atoms with Crippen LogP contribution in [0.4, 0.5) is 5.69 Å². The predicted octanol–water partition coefficient (Wildman–Crippen LogP) is 2.87. The number of piperidine rings is 1. The summed E-state index contributed by atoms with van der Waals surface area (Å²) in [6.45, 7) is 6.86. The van der Waals surface area contributed by atoms with E-state index in [4.69, 9.17) is 0 Å². The molecule has 2 heterocycles. The summed E-state index contributed by atoms with van der Waals surface area (Å²) in [4.78, 5) is 16.0. The average molecular weight is 272 g/mol. The summed E-state index contributed by atoms with van der Waals surface area (Å²) in [5.74, 6) is 0. The van der Waals surface area contributed by atoms with Crippen molar-refractivity contribution in [1.82, 2.24) is 4.90 Å². The molecule has 3 nitrogen and oxygen atoms in total. The highest BCUT2D eigenvalue weighted by Gasteiger charge is 2.28. The van der Waals surface area contributed by atoms with Gasteiger partial charge in [-0.2, -0.15) is 0 Å². The summed E-state index contributed by atoms with van der Waals surface area (Å²) < 4.78 is 0. The van der Waals surface area contributed by atoms with Crippen LogP contribution in [0, 0.1) is 6.92 Å². The van der Waals surface area contributed by atoms with E-state index >= 15 is 0 Å². The molecular formula is C17H24N2O. The number of hydrogen-bond acceptors (Lipinski definition) is 3. The molecule has 2 fully saturated rings. The molecule has 2 saturated heterocycles. The Bertz CT molecular complexity index is 480. The summed E-state index contributed by atoms with van der Waals surface area (Å²) in [5, 5.41) is 0. The first-order valence-corrected chi connectivity index (χ1v) is 7.83. The highest BCUT2D eigenvalue weighted by Crippen LogP contribution is 2.26. The molecule has 108 valence electrons. The Labute approximate surface area is 121 Å². The summed E-state index contributed by atoms with van der Waals surface area (Å²) >= 11 is 0. The van der Waals surface area contributed by atoms with Gasteiger partial charge in [0, 0.05) is 30.4 Å². The van der Waals surface area contributed by atoms with Gasteiger partial charge in [0.15, 0.2) is 0 Å². The Balaban J connectivity index is 1.67. The fourth-order valence-corrected chi connectivity index (χ4v) is 3.55. The number of hydrogen-bond donors (Lipinski definition) is 0. The fourth-order valence-electron chi connectivity index (χ4n) is 3.55. The van der Waals surface area contributed by atoms with Crippen molar-refractivity contribution in [1.29, 1.82) is 0 Å². The van der Waals surface area contributed by atoms with Gasteiger partial charge in [-0.1, -0.05) is 6.42 Å². The van der Waals surface area contributed by atoms with Gasteiger partial charge in [0.25, 0.3) is 0 Å². The van der Waals surface area contributed by atoms with Crippen molar-refractivity contribution >= 4 is 12.0 Å². The van der Waals surface area contributed by atoms with Crippen molar-refractivity contribution in [3.8, 4) is 0 Å². The lowest BCUT2D eigenvalue weighted by Crippen LogP contribution is -2.40. The molecular weight excluding hydrogens is 248 g/mol. The van der Waals surface area contributed by atoms with Crippen LogP contribution in [0.25, 0.3) is 0 Å². The Hall–Kier alpha value is -1.35. The van der Waals surface area contributed by atoms with E-state index in [9.17, 15) is 4.79 Å². The second kappa shape index (κ2) is 5.96. The second-order valence-electron chi connectivity index (χ2n) is 6.14. The lowest BCUT2D eigenvalue weighted by Gasteiger charge is -2.32. The monoisotopic (exact) mass is 272 g/mol. The van der Waals surface area contributed by atoms with E-state index in [0.717, 1.165) is 36.5 Å². The molecule has 3 rings (SSSR count). The minimum absolute atomic E-state index is 0.723. The molecule has 1 unspecified atom stereocenters. The first-order valence-electron chi connectivity index (χ1n) is 7.83. The Morgan fingerprint density at radius 2 is 1.95 bits per heavy atom. The van der Waals surface area contributed by atoms with Gasteiger partial charge in [0.05, 0.1) is 0 Å². The van der Waals surface area contributed by atoms with Crippen molar-refractivity contribution in [2.75, 3.05) is 31.1 Å². The third kappa shape index (κ3) is 2.73. The lowest BCUT2D eigenvalue weighted by molar-refractivity contribution is 0.112. The van der Waals surface area contributed by atoms with Crippen LogP contribution in [-0.4, -0.2) is 43.4 Å². The number of nitrogens with zero attached hydrogens (tertiary/aromatic N) is 2. The number of carbonyl (C=O) groups is 1. The predicted molar refractivity (Wildman–Crippen MR) is 82.6 cm³/mol. The molecule has 1 aromatic rings. The van der Waals surface area contributed by atoms with Crippen molar-refractivity contribution in [3.63, 3.8) is 0 Å². The van der Waals surface area contributed by atoms with Crippen LogP contribution >= 0.6 is 0 Å². The maximum Gasteiger partial charge on any atom is 0.150 e. The van der Waals surface area contributed by atoms with E-state index in [0.29, 0.717) is 0 Å². The number of likely N-dealkylation sites (tertiary alicyclic amines) is 1. The van der Waals surface area contributed by atoms with Gasteiger partial charge >= 0.3 is 0 Å². The molecule has 2 aliphatic heterocycles. The SMILES string of the molecule is Cc1cc(N2CCC(N3CCCCC3)C2)ccc1C=O. The molecule has 1 aromatic carbocycles. The van der Waals surface area contributed by atoms with Crippen LogP contribution in [0.5, 0.6) is 0 Å². The zero-order valence-corrected chi connectivity index (χ0v) is 12.3. The molecule has 0 amide bonds. The normalized spacial score (nSPS) is 24.1. The van der Waals surface area contributed by atoms with Crippen molar-refractivity contribution in [2.45, 2.75) is 38.6 Å². The molecule has 0 spiro atoms. The van der Waals surface area contributed by atoms with Crippen LogP contribution in [0.1, 0.15) is 41.6 Å². The molecule has 0 aromatic heterocycles. The number of aldehydes is 1. The third-order valence-electron chi connectivity index (χ3n) is 4.82. The number of benzene rings is 1. The van der Waals surface area contributed by atoms with E-state index in [1.807, 2.05) is 13.0 Å². The molecule has 0 aliphatic carbocycles. The molecule has 1 atom stereocenters. The smallest absolute Gasteiger partial charge is 0.150 e. The van der Waals surface area contributed by atoms with Gasteiger partial charge < -0.3 is 4.90 Å². The van der Waals surface area contributed by atoms with Crippen molar-refractivity contribution in [3.05, 3.63) is 29.3 Å². The van der Waals surface area contributed by atoms with Crippen LogP contribution < -0.4 is 4.90 Å². The number of anilines is 1. The summed E-state index contributed by atoms with van der Waals surface area (Å²) in [7, 11) is 0. The maximum atomic E-state index is 10.9. The third-order valence-corrected chi connectivity index (χ3v) is 4.82. The topological polar surface area (TPSA) is 23.6 Å². The van der Waals surface area contributed by atoms with E-state index < -0.39 is 0 Å². The van der Waals surface area contributed by atoms with Gasteiger partial charge in [-0.15, -0.1) is 0 Å². The van der Waals surface area contributed by atoms with Gasteiger partial charge in [0.2, 0.25) is 0 Å². The highest BCUT2D eigenvalue weighted by molar-refractivity contribution is 5.78. The zero-order valence-electron chi connectivity index (χ0n) is 12.3. The highest BCUT2D eigenvalue weighted by atomic mass is 16.1. The van der Waals surface area contributed by atoms with Crippen LogP contribution in [0.3, 0.4) is 0 Å². The summed E-state index contributed by atoms with van der Waals surface area (Å²) in [6, 6.07) is 6.92. The number of carbonyl (C=O) groups excluding carboxylic acids is 1. The minimum Gasteiger partial charge on any atom is -0.370 e. The van der Waals surface area contributed by atoms with Gasteiger partial charge in [-0.3, -0.25) is 9.69 Å². The largest absolute Gasteiger partial charge is 0.370 e. The zero-order chi connectivity index (χ0) is 13.9. The summed E-state index contributed by atoms with van der Waals surface area (Å²) in [6.07, 6.45) is 6.35. The first kappa shape index (κ1) is 13.6. The van der Waals surface area contributed by atoms with E-state index in [-0.39, 0.29) is 0 Å². The molecule has 0 saturated carbocycles. The van der Waals surface area contributed by atoms with Gasteiger partial charge in [0.1, 0.15) is 6.29 Å². The number of aryl methyl sites for hydroxylation is 1. The second-order valence-corrected chi connectivity index (χ2v) is 6.14. The van der Waals surface area contributed by atoms with E-state index in [1.165, 1.54) is 44.5 Å². The fraction of sp³-hybridized carbons (Fsp3) is 0.588. The van der Waals surface area contributed by atoms with Crippen LogP contribution in [-0.2, 0) is 0 Å². The molecule has 0 N–H and O–H groups in total. The molecule has 0 bridgehead atoms. The lowest BCUT2D eigenvalue weighted by atomic mass is 10.1. The molecule has 0 radical (unpaired) electrons. The standard InChI is InChI=1S/C17H24N2O/c1-14-11-16(6-5-15(14)13-20)19-10-7-17(12-19)18-8-3-2-4-9-18/h5-6,11,13,17H,2-4,7-10,12H2,1H3. The van der Waals surface area contributed by atoms with E-state index in [2.05, 4.69) is 21.9 Å². The number of rotatable bonds is 3. The molecule has 20 heavy (non-hydrogen) atoms. The van der Waals surface area contributed by atoms with Gasteiger partial charge in [-0.05, 0) is 63.0 Å². The quantitative estimate of drug-likeness (QED) is 0.791.